The zero-order valence-corrected chi connectivity index (χ0v) is 17.6. The third kappa shape index (κ3) is 4.96. The fourth-order valence-corrected chi connectivity index (χ4v) is 5.26. The summed E-state index contributed by atoms with van der Waals surface area (Å²) in [6.45, 7) is 10.0. The molecule has 0 bridgehead atoms. The first-order chi connectivity index (χ1) is 13.2. The summed E-state index contributed by atoms with van der Waals surface area (Å²) in [6.07, 6.45) is 9.18. The lowest BCUT2D eigenvalue weighted by Crippen LogP contribution is -2.65. The highest BCUT2D eigenvalue weighted by molar-refractivity contribution is 5.80. The van der Waals surface area contributed by atoms with Crippen molar-refractivity contribution >= 4 is 5.96 Å². The second-order valence-electron chi connectivity index (χ2n) is 8.39. The summed E-state index contributed by atoms with van der Waals surface area (Å²) in [5.41, 5.74) is 0.343. The topological polar surface area (TPSA) is 58.1 Å². The molecule has 1 spiro atoms. The number of methoxy groups -OCH3 is 1. The van der Waals surface area contributed by atoms with Gasteiger partial charge in [0.25, 0.3) is 0 Å². The van der Waals surface area contributed by atoms with E-state index in [1.165, 1.54) is 38.5 Å². The molecular weight excluding hydrogens is 340 g/mol. The highest BCUT2D eigenvalue weighted by Crippen LogP contribution is 2.54. The highest BCUT2D eigenvalue weighted by atomic mass is 16.5. The minimum atomic E-state index is 0.343. The Morgan fingerprint density at radius 2 is 1.89 bits per heavy atom. The van der Waals surface area contributed by atoms with E-state index in [2.05, 4.69) is 29.4 Å². The Morgan fingerprint density at radius 1 is 1.15 bits per heavy atom. The Hall–Kier alpha value is -0.850. The van der Waals surface area contributed by atoms with E-state index in [0.717, 1.165) is 51.8 Å². The Balaban J connectivity index is 1.51. The van der Waals surface area contributed by atoms with Gasteiger partial charge in [-0.05, 0) is 46.0 Å². The molecule has 2 unspecified atom stereocenters. The molecule has 3 rings (SSSR count). The fraction of sp³-hybridized carbons (Fsp3) is 0.952. The lowest BCUT2D eigenvalue weighted by Gasteiger charge is -2.54. The first-order valence-corrected chi connectivity index (χ1v) is 11.1. The Kier molecular flexibility index (Phi) is 7.79. The number of guanidine groups is 1. The molecule has 2 atom stereocenters. The van der Waals surface area contributed by atoms with Crippen molar-refractivity contribution in [2.24, 2.45) is 10.4 Å². The minimum Gasteiger partial charge on any atom is -0.383 e. The van der Waals surface area contributed by atoms with Crippen LogP contribution in [-0.2, 0) is 9.47 Å². The number of hydrogen-bond donors (Lipinski definition) is 2. The normalized spacial score (nSPS) is 29.1. The monoisotopic (exact) mass is 380 g/mol. The molecular formula is C21H40N4O2. The van der Waals surface area contributed by atoms with E-state index in [1.807, 2.05) is 0 Å². The summed E-state index contributed by atoms with van der Waals surface area (Å²) in [5, 5.41) is 7.52. The van der Waals surface area contributed by atoms with Gasteiger partial charge >= 0.3 is 0 Å². The number of piperidine rings is 1. The maximum absolute atomic E-state index is 6.07. The van der Waals surface area contributed by atoms with Gasteiger partial charge in [0.15, 0.2) is 5.96 Å². The van der Waals surface area contributed by atoms with Gasteiger partial charge in [-0.1, -0.05) is 12.8 Å². The van der Waals surface area contributed by atoms with Crippen LogP contribution in [0.5, 0.6) is 0 Å². The molecule has 3 fully saturated rings. The van der Waals surface area contributed by atoms with Crippen LogP contribution in [0.1, 0.15) is 58.8 Å². The third-order valence-corrected chi connectivity index (χ3v) is 6.85. The summed E-state index contributed by atoms with van der Waals surface area (Å²) in [5.74, 6) is 1.01. The summed E-state index contributed by atoms with van der Waals surface area (Å²) in [7, 11) is 1.78. The molecule has 0 aromatic rings. The zero-order chi connectivity index (χ0) is 19.1. The van der Waals surface area contributed by atoms with Gasteiger partial charge in [0.05, 0.1) is 12.7 Å². The molecule has 0 radical (unpaired) electrons. The van der Waals surface area contributed by atoms with Crippen molar-refractivity contribution in [1.82, 2.24) is 15.5 Å². The van der Waals surface area contributed by atoms with E-state index in [4.69, 9.17) is 14.5 Å². The van der Waals surface area contributed by atoms with Crippen LogP contribution in [0.25, 0.3) is 0 Å². The summed E-state index contributed by atoms with van der Waals surface area (Å²) in [6, 6.07) is 1.03. The SMILES string of the molecule is CCN=C(NC1CCN(CCOC)CC1)NC1CC(OCC)C12CCCC2. The molecule has 6 nitrogen and oxygen atoms in total. The van der Waals surface area contributed by atoms with Gasteiger partial charge in [0.1, 0.15) is 0 Å². The second-order valence-corrected chi connectivity index (χ2v) is 8.39. The number of rotatable bonds is 8. The molecule has 1 heterocycles. The van der Waals surface area contributed by atoms with Crippen LogP contribution in [0.2, 0.25) is 0 Å². The number of likely N-dealkylation sites (tertiary alicyclic amines) is 1. The van der Waals surface area contributed by atoms with Gasteiger partial charge in [-0.2, -0.15) is 0 Å². The smallest absolute Gasteiger partial charge is 0.191 e. The van der Waals surface area contributed by atoms with Crippen molar-refractivity contribution < 1.29 is 9.47 Å². The van der Waals surface area contributed by atoms with Crippen molar-refractivity contribution in [3.63, 3.8) is 0 Å². The first-order valence-electron chi connectivity index (χ1n) is 11.1. The van der Waals surface area contributed by atoms with Crippen LogP contribution in [0.15, 0.2) is 4.99 Å². The number of nitrogens with one attached hydrogen (secondary N) is 2. The minimum absolute atomic E-state index is 0.343. The largest absolute Gasteiger partial charge is 0.383 e. The molecule has 2 saturated carbocycles. The van der Waals surface area contributed by atoms with Crippen molar-refractivity contribution in [1.29, 1.82) is 0 Å². The standard InChI is InChI=1S/C21H40N4O2/c1-4-22-20(23-17-8-12-25(13-9-17)14-15-26-3)24-18-16-19(27-5-2)21(18)10-6-7-11-21/h17-19H,4-16H2,1-3H3,(H2,22,23,24). The van der Waals surface area contributed by atoms with Crippen molar-refractivity contribution in [2.45, 2.75) is 77.0 Å². The Labute approximate surface area is 165 Å². The molecule has 0 aromatic heterocycles. The lowest BCUT2D eigenvalue weighted by molar-refractivity contribution is -0.125. The Morgan fingerprint density at radius 3 is 2.52 bits per heavy atom. The summed E-state index contributed by atoms with van der Waals surface area (Å²) in [4.78, 5) is 7.25. The van der Waals surface area contributed by atoms with Gasteiger partial charge in [-0.15, -0.1) is 0 Å². The zero-order valence-electron chi connectivity index (χ0n) is 17.6. The number of aliphatic imine (C=N–C) groups is 1. The van der Waals surface area contributed by atoms with E-state index < -0.39 is 0 Å². The van der Waals surface area contributed by atoms with Crippen LogP contribution >= 0.6 is 0 Å². The van der Waals surface area contributed by atoms with Gasteiger partial charge in [0, 0.05) is 57.4 Å². The molecule has 156 valence electrons. The molecule has 6 heteroatoms. The highest BCUT2D eigenvalue weighted by Gasteiger charge is 2.57. The van der Waals surface area contributed by atoms with Crippen molar-refractivity contribution in [2.75, 3.05) is 46.5 Å². The number of hydrogen-bond acceptors (Lipinski definition) is 4. The number of ether oxygens (including phenoxy) is 2. The van der Waals surface area contributed by atoms with Crippen molar-refractivity contribution in [3.8, 4) is 0 Å². The molecule has 0 aromatic carbocycles. The second kappa shape index (κ2) is 10.1. The van der Waals surface area contributed by atoms with E-state index in [-0.39, 0.29) is 0 Å². The van der Waals surface area contributed by atoms with E-state index in [9.17, 15) is 0 Å². The molecule has 2 aliphatic carbocycles. The van der Waals surface area contributed by atoms with Crippen LogP contribution in [0.4, 0.5) is 0 Å². The average Bonchev–Trinajstić information content (AvgIpc) is 3.20. The van der Waals surface area contributed by atoms with Gasteiger partial charge in [-0.25, -0.2) is 0 Å². The maximum atomic E-state index is 6.07. The molecule has 0 amide bonds. The lowest BCUT2D eigenvalue weighted by atomic mass is 9.60. The number of nitrogens with zero attached hydrogens (tertiary/aromatic N) is 2. The molecule has 2 N–H and O–H groups in total. The van der Waals surface area contributed by atoms with Gasteiger partial charge in [-0.3, -0.25) is 4.99 Å². The fourth-order valence-electron chi connectivity index (χ4n) is 5.26. The van der Waals surface area contributed by atoms with Crippen LogP contribution < -0.4 is 10.6 Å². The molecule has 27 heavy (non-hydrogen) atoms. The van der Waals surface area contributed by atoms with E-state index >= 15 is 0 Å². The van der Waals surface area contributed by atoms with Crippen LogP contribution in [-0.4, -0.2) is 75.5 Å². The predicted octanol–water partition coefficient (Wildman–Crippen LogP) is 2.39. The summed E-state index contributed by atoms with van der Waals surface area (Å²) >= 11 is 0. The van der Waals surface area contributed by atoms with Gasteiger partial charge < -0.3 is 25.0 Å². The van der Waals surface area contributed by atoms with E-state index in [1.54, 1.807) is 7.11 Å². The van der Waals surface area contributed by atoms with Gasteiger partial charge in [0.2, 0.25) is 0 Å². The first kappa shape index (κ1) is 20.9. The predicted molar refractivity (Wildman–Crippen MR) is 110 cm³/mol. The van der Waals surface area contributed by atoms with Crippen LogP contribution in [0, 0.1) is 5.41 Å². The van der Waals surface area contributed by atoms with Crippen LogP contribution in [0.3, 0.4) is 0 Å². The summed E-state index contributed by atoms with van der Waals surface area (Å²) < 4.78 is 11.3. The van der Waals surface area contributed by atoms with Crippen molar-refractivity contribution in [3.05, 3.63) is 0 Å². The molecule has 1 saturated heterocycles. The molecule has 3 aliphatic rings. The average molecular weight is 381 g/mol. The Bertz CT molecular complexity index is 471. The quantitative estimate of drug-likeness (QED) is 0.500. The third-order valence-electron chi connectivity index (χ3n) is 6.85. The maximum Gasteiger partial charge on any atom is 0.191 e. The molecule has 1 aliphatic heterocycles. The van der Waals surface area contributed by atoms with E-state index in [0.29, 0.717) is 23.6 Å².